The van der Waals surface area contributed by atoms with Crippen LogP contribution in [0.5, 0.6) is 0 Å². The summed E-state index contributed by atoms with van der Waals surface area (Å²) in [6, 6.07) is 14.3. The zero-order chi connectivity index (χ0) is 21.6. The van der Waals surface area contributed by atoms with Gasteiger partial charge in [0.05, 0.1) is 11.9 Å². The van der Waals surface area contributed by atoms with Gasteiger partial charge < -0.3 is 15.4 Å². The van der Waals surface area contributed by atoms with Crippen molar-refractivity contribution in [1.29, 1.82) is 0 Å². The molecule has 2 unspecified atom stereocenters. The minimum absolute atomic E-state index is 0.0430. The number of aliphatic imine (C=N–C) groups is 1. The molecule has 0 radical (unpaired) electrons. The molecule has 6 nitrogen and oxygen atoms in total. The van der Waals surface area contributed by atoms with Crippen molar-refractivity contribution in [3.05, 3.63) is 71.0 Å². The average molecular weight is 434 g/mol. The average Bonchev–Trinajstić information content (AvgIpc) is 3.18. The Labute approximate surface area is 177 Å². The number of sulfone groups is 1. The Hall–Kier alpha value is -2.45. The van der Waals surface area contributed by atoms with E-state index in [0.29, 0.717) is 29.5 Å². The van der Waals surface area contributed by atoms with Crippen molar-refractivity contribution < 1.29 is 17.5 Å². The normalized spacial score (nSPS) is 19.6. The van der Waals surface area contributed by atoms with Gasteiger partial charge >= 0.3 is 0 Å². The Morgan fingerprint density at radius 2 is 1.93 bits per heavy atom. The highest BCUT2D eigenvalue weighted by Crippen LogP contribution is 2.33. The summed E-state index contributed by atoms with van der Waals surface area (Å²) in [7, 11) is -1.56. The molecule has 1 aliphatic heterocycles. The maximum Gasteiger partial charge on any atom is 0.191 e. The third-order valence-corrected chi connectivity index (χ3v) is 5.97. The largest absolute Gasteiger partial charge is 0.373 e. The van der Waals surface area contributed by atoms with E-state index < -0.39 is 15.7 Å². The fraction of sp³-hybridized carbons (Fsp3) is 0.409. The Bertz CT molecular complexity index is 980. The molecule has 1 aliphatic rings. The highest BCUT2D eigenvalue weighted by Gasteiger charge is 2.29. The number of hydrogen-bond donors (Lipinski definition) is 2. The molecular formula is C22H28FN3O3S. The van der Waals surface area contributed by atoms with Crippen molar-refractivity contribution in [3.63, 3.8) is 0 Å². The molecule has 1 fully saturated rings. The van der Waals surface area contributed by atoms with Gasteiger partial charge in [0.1, 0.15) is 5.82 Å². The molecule has 30 heavy (non-hydrogen) atoms. The van der Waals surface area contributed by atoms with E-state index in [9.17, 15) is 12.8 Å². The van der Waals surface area contributed by atoms with E-state index in [4.69, 9.17) is 4.74 Å². The molecule has 0 spiro atoms. The molecule has 162 valence electrons. The van der Waals surface area contributed by atoms with Crippen LogP contribution in [-0.4, -0.2) is 40.8 Å². The maximum absolute atomic E-state index is 13.7. The summed E-state index contributed by atoms with van der Waals surface area (Å²) in [6.07, 6.45) is 2.16. The molecule has 2 atom stereocenters. The van der Waals surface area contributed by atoms with Crippen LogP contribution in [0, 0.1) is 11.7 Å². The number of halogens is 1. The second-order valence-electron chi connectivity index (χ2n) is 7.54. The molecule has 2 aromatic carbocycles. The maximum atomic E-state index is 13.7. The van der Waals surface area contributed by atoms with Crippen LogP contribution < -0.4 is 10.6 Å². The molecule has 2 aromatic rings. The fourth-order valence-corrected chi connectivity index (χ4v) is 4.51. The lowest BCUT2D eigenvalue weighted by Crippen LogP contribution is -2.40. The Kier molecular flexibility index (Phi) is 7.44. The zero-order valence-electron chi connectivity index (χ0n) is 17.3. The number of guanidine groups is 1. The van der Waals surface area contributed by atoms with E-state index >= 15 is 0 Å². The second kappa shape index (κ2) is 10.0. The number of hydrogen-bond acceptors (Lipinski definition) is 4. The van der Waals surface area contributed by atoms with E-state index in [1.54, 1.807) is 7.05 Å². The first kappa shape index (κ1) is 22.2. The predicted octanol–water partition coefficient (Wildman–Crippen LogP) is 2.81. The molecule has 0 aromatic heterocycles. The van der Waals surface area contributed by atoms with Crippen LogP contribution >= 0.6 is 0 Å². The monoisotopic (exact) mass is 433 g/mol. The van der Waals surface area contributed by atoms with Crippen LogP contribution in [0.2, 0.25) is 0 Å². The highest BCUT2D eigenvalue weighted by molar-refractivity contribution is 7.89. The third kappa shape index (κ3) is 6.27. The van der Waals surface area contributed by atoms with Crippen LogP contribution in [0.1, 0.15) is 29.2 Å². The van der Waals surface area contributed by atoms with Crippen LogP contribution in [0.4, 0.5) is 4.39 Å². The number of benzene rings is 2. The molecule has 0 amide bonds. The first-order valence-electron chi connectivity index (χ1n) is 9.92. The van der Waals surface area contributed by atoms with Gasteiger partial charge in [-0.25, -0.2) is 12.8 Å². The van der Waals surface area contributed by atoms with Gasteiger partial charge in [-0.1, -0.05) is 36.4 Å². The van der Waals surface area contributed by atoms with Crippen molar-refractivity contribution >= 4 is 15.8 Å². The summed E-state index contributed by atoms with van der Waals surface area (Å²) >= 11 is 0. The summed E-state index contributed by atoms with van der Waals surface area (Å²) in [5.74, 6) is 0.346. The summed E-state index contributed by atoms with van der Waals surface area (Å²) < 4.78 is 43.0. The summed E-state index contributed by atoms with van der Waals surface area (Å²) in [5.41, 5.74) is 2.33. The van der Waals surface area contributed by atoms with Crippen LogP contribution in [0.15, 0.2) is 53.5 Å². The molecule has 3 rings (SSSR count). The zero-order valence-corrected chi connectivity index (χ0v) is 18.1. The Balaban J connectivity index is 1.60. The first-order valence-corrected chi connectivity index (χ1v) is 12.0. The standard InChI is InChI=1S/C22H28FN3O3S/c1-24-22(25-13-17-10-11-29-21(17)16-6-4-3-5-7-16)26-14-19-12-20(23)9-8-18(19)15-30(2,27)28/h3-9,12,17,21H,10-11,13-15H2,1-2H3,(H2,24,25,26). The number of ether oxygens (including phenoxy) is 1. The lowest BCUT2D eigenvalue weighted by Gasteiger charge is -2.21. The van der Waals surface area contributed by atoms with Crippen molar-refractivity contribution in [1.82, 2.24) is 10.6 Å². The van der Waals surface area contributed by atoms with Crippen LogP contribution in [-0.2, 0) is 26.9 Å². The van der Waals surface area contributed by atoms with Crippen LogP contribution in [0.3, 0.4) is 0 Å². The molecule has 8 heteroatoms. The lowest BCUT2D eigenvalue weighted by molar-refractivity contribution is 0.0915. The van der Waals surface area contributed by atoms with Crippen molar-refractivity contribution in [2.45, 2.75) is 24.8 Å². The van der Waals surface area contributed by atoms with E-state index in [0.717, 1.165) is 18.6 Å². The fourth-order valence-electron chi connectivity index (χ4n) is 3.66. The number of rotatable bonds is 7. The SMILES string of the molecule is CN=C(NCc1cc(F)ccc1CS(C)(=O)=O)NCC1CCOC1c1ccccc1. The number of nitrogens with zero attached hydrogens (tertiary/aromatic N) is 1. The van der Waals surface area contributed by atoms with Gasteiger partial charge in [-0.3, -0.25) is 4.99 Å². The minimum Gasteiger partial charge on any atom is -0.373 e. The summed E-state index contributed by atoms with van der Waals surface area (Å²) in [5, 5.41) is 6.46. The van der Waals surface area contributed by atoms with Crippen LogP contribution in [0.25, 0.3) is 0 Å². The molecule has 0 saturated carbocycles. The smallest absolute Gasteiger partial charge is 0.191 e. The first-order chi connectivity index (χ1) is 14.4. The summed E-state index contributed by atoms with van der Waals surface area (Å²) in [4.78, 5) is 4.23. The van der Waals surface area contributed by atoms with Gasteiger partial charge in [-0.2, -0.15) is 0 Å². The van der Waals surface area contributed by atoms with E-state index in [2.05, 4.69) is 27.8 Å². The molecule has 0 bridgehead atoms. The minimum atomic E-state index is -3.22. The van der Waals surface area contributed by atoms with E-state index in [1.807, 2.05) is 18.2 Å². The summed E-state index contributed by atoms with van der Waals surface area (Å²) in [6.45, 7) is 1.67. The molecule has 2 N–H and O–H groups in total. The third-order valence-electron chi connectivity index (χ3n) is 5.13. The van der Waals surface area contributed by atoms with E-state index in [-0.39, 0.29) is 18.4 Å². The van der Waals surface area contributed by atoms with Gasteiger partial charge in [-0.15, -0.1) is 0 Å². The molecular weight excluding hydrogens is 405 g/mol. The second-order valence-corrected chi connectivity index (χ2v) is 9.68. The molecule has 1 saturated heterocycles. The van der Waals surface area contributed by atoms with Gasteiger partial charge in [0.2, 0.25) is 0 Å². The predicted molar refractivity (Wildman–Crippen MR) is 116 cm³/mol. The Morgan fingerprint density at radius 3 is 2.63 bits per heavy atom. The quantitative estimate of drug-likeness (QED) is 0.519. The van der Waals surface area contributed by atoms with Gasteiger partial charge in [0.15, 0.2) is 15.8 Å². The van der Waals surface area contributed by atoms with Gasteiger partial charge in [0, 0.05) is 38.9 Å². The molecule has 1 heterocycles. The lowest BCUT2D eigenvalue weighted by atomic mass is 9.95. The highest BCUT2D eigenvalue weighted by atomic mass is 32.2. The number of nitrogens with one attached hydrogen (secondary N) is 2. The Morgan fingerprint density at radius 1 is 1.17 bits per heavy atom. The van der Waals surface area contributed by atoms with Crippen molar-refractivity contribution in [2.75, 3.05) is 26.5 Å². The van der Waals surface area contributed by atoms with Crippen molar-refractivity contribution in [2.24, 2.45) is 10.9 Å². The van der Waals surface area contributed by atoms with Crippen molar-refractivity contribution in [3.8, 4) is 0 Å². The topological polar surface area (TPSA) is 79.8 Å². The van der Waals surface area contributed by atoms with Gasteiger partial charge in [-0.05, 0) is 35.2 Å². The van der Waals surface area contributed by atoms with Gasteiger partial charge in [0.25, 0.3) is 0 Å². The molecule has 0 aliphatic carbocycles. The van der Waals surface area contributed by atoms with E-state index in [1.165, 1.54) is 24.5 Å².